The summed E-state index contributed by atoms with van der Waals surface area (Å²) >= 11 is 0. The molecule has 0 N–H and O–H groups in total. The van der Waals surface area contributed by atoms with Crippen molar-refractivity contribution in [1.82, 2.24) is 9.55 Å². The second-order valence-corrected chi connectivity index (χ2v) is 1.19. The van der Waals surface area contributed by atoms with E-state index in [1.165, 1.54) is 0 Å². The summed E-state index contributed by atoms with van der Waals surface area (Å²) in [6, 6.07) is 0. The largest absolute Gasteiger partial charge is 1.00 e. The van der Waals surface area contributed by atoms with Gasteiger partial charge in [-0.15, -0.1) is 0 Å². The van der Waals surface area contributed by atoms with Crippen LogP contribution in [0.3, 0.4) is 0 Å². The van der Waals surface area contributed by atoms with Gasteiger partial charge < -0.3 is 4.57 Å². The highest BCUT2D eigenvalue weighted by Crippen LogP contribution is 1.81. The van der Waals surface area contributed by atoms with Crippen LogP contribution in [0.1, 0.15) is 1.43 Å². The minimum Gasteiger partial charge on any atom is -0.314 e. The van der Waals surface area contributed by atoms with Crippen LogP contribution in [0.5, 0.6) is 0 Å². The highest BCUT2D eigenvalue weighted by molar-refractivity contribution is 5.14. The van der Waals surface area contributed by atoms with Crippen molar-refractivity contribution in [2.75, 3.05) is 0 Å². The van der Waals surface area contributed by atoms with Crippen molar-refractivity contribution in [1.29, 1.82) is 0 Å². The lowest BCUT2D eigenvalue weighted by Gasteiger charge is -1.80. The van der Waals surface area contributed by atoms with E-state index in [-0.39, 0.29) is 1.43 Å². The smallest absolute Gasteiger partial charge is 0.314 e. The van der Waals surface area contributed by atoms with E-state index >= 15 is 0 Å². The Labute approximate surface area is 43.6 Å². The molecule has 1 aromatic rings. The summed E-state index contributed by atoms with van der Waals surface area (Å²) in [5.74, 6) is 0. The van der Waals surface area contributed by atoms with E-state index in [0.29, 0.717) is 0 Å². The predicted molar refractivity (Wildman–Crippen MR) is 29.7 cm³/mol. The van der Waals surface area contributed by atoms with Gasteiger partial charge in [0.05, 0.1) is 6.33 Å². The first-order chi connectivity index (χ1) is 3.43. The summed E-state index contributed by atoms with van der Waals surface area (Å²) in [5, 5.41) is 0. The third-order valence-corrected chi connectivity index (χ3v) is 0.736. The predicted octanol–water partition coefficient (Wildman–Crippen LogP) is 1.10. The molecule has 1 aromatic heterocycles. The summed E-state index contributed by atoms with van der Waals surface area (Å²) in [6.07, 6.45) is 6.91. The summed E-state index contributed by atoms with van der Waals surface area (Å²) in [4.78, 5) is 3.78. The third-order valence-electron chi connectivity index (χ3n) is 0.736. The van der Waals surface area contributed by atoms with E-state index in [4.69, 9.17) is 0 Å². The van der Waals surface area contributed by atoms with Gasteiger partial charge in [0.25, 0.3) is 0 Å². The van der Waals surface area contributed by atoms with Gasteiger partial charge >= 0.3 is 1.43 Å². The molecule has 0 aliphatic rings. The molecule has 0 spiro atoms. The molecule has 0 radical (unpaired) electrons. The van der Waals surface area contributed by atoms with Crippen LogP contribution in [-0.4, -0.2) is 9.55 Å². The Morgan fingerprint density at radius 1 is 1.86 bits per heavy atom. The van der Waals surface area contributed by atoms with Gasteiger partial charge in [0.15, 0.2) is 0 Å². The lowest BCUT2D eigenvalue weighted by atomic mass is 10.9. The average molecular weight is 95.1 g/mol. The molecule has 0 aromatic carbocycles. The number of hydrogen-bond acceptors (Lipinski definition) is 1. The maximum Gasteiger partial charge on any atom is 1.00 e. The van der Waals surface area contributed by atoms with Crippen LogP contribution in [0.15, 0.2) is 25.3 Å². The number of hydrogen-bond donors (Lipinski definition) is 0. The van der Waals surface area contributed by atoms with Crippen LogP contribution in [-0.2, 0) is 0 Å². The maximum absolute atomic E-state index is 3.78. The molecule has 0 aliphatic heterocycles. The SMILES string of the molecule is C=Cn1ccnc1.[H+]. The molecule has 0 amide bonds. The van der Waals surface area contributed by atoms with Crippen molar-refractivity contribution in [3.8, 4) is 0 Å². The number of imidazole rings is 1. The lowest BCUT2D eigenvalue weighted by Crippen LogP contribution is -1.73. The molecule has 7 heavy (non-hydrogen) atoms. The molecule has 36 valence electrons. The molecular weight excluding hydrogens is 88.1 g/mol. The summed E-state index contributed by atoms with van der Waals surface area (Å²) in [6.45, 7) is 3.53. The molecule has 2 nitrogen and oxygen atoms in total. The fraction of sp³-hybridized carbons (Fsp3) is 0. The van der Waals surface area contributed by atoms with Gasteiger partial charge in [0.1, 0.15) is 0 Å². The van der Waals surface area contributed by atoms with Crippen molar-refractivity contribution in [2.24, 2.45) is 0 Å². The Morgan fingerprint density at radius 3 is 3.00 bits per heavy atom. The molecule has 0 saturated heterocycles. The van der Waals surface area contributed by atoms with Gasteiger partial charge in [0.2, 0.25) is 0 Å². The van der Waals surface area contributed by atoms with Crippen molar-refractivity contribution < 1.29 is 1.43 Å². The average Bonchev–Trinajstić information content (AvgIpc) is 2.14. The van der Waals surface area contributed by atoms with Crippen LogP contribution in [0.25, 0.3) is 6.20 Å². The van der Waals surface area contributed by atoms with Crippen LogP contribution in [0.4, 0.5) is 0 Å². The van der Waals surface area contributed by atoms with Crippen molar-refractivity contribution in [2.45, 2.75) is 0 Å². The Kier molecular flexibility index (Phi) is 0.941. The number of nitrogens with zero attached hydrogens (tertiary/aromatic N) is 2. The number of aromatic nitrogens is 2. The van der Waals surface area contributed by atoms with E-state index in [1.807, 2.05) is 6.20 Å². The van der Waals surface area contributed by atoms with E-state index < -0.39 is 0 Å². The molecule has 0 fully saturated rings. The van der Waals surface area contributed by atoms with E-state index in [0.717, 1.165) is 0 Å². The standard InChI is InChI=1S/C5H6N2/c1-2-7-4-3-6-5-7/h2-5H,1H2/p+1. The van der Waals surface area contributed by atoms with Crippen LogP contribution >= 0.6 is 0 Å². The monoisotopic (exact) mass is 95.1 g/mol. The first kappa shape index (κ1) is 4.12. The molecule has 0 atom stereocenters. The second kappa shape index (κ2) is 1.60. The molecular formula is C5H7N2+. The molecule has 0 aliphatic carbocycles. The van der Waals surface area contributed by atoms with Gasteiger partial charge in [0, 0.05) is 18.6 Å². The zero-order chi connectivity index (χ0) is 5.11. The Bertz CT molecular complexity index is 145. The summed E-state index contributed by atoms with van der Waals surface area (Å²) in [5.41, 5.74) is 0. The summed E-state index contributed by atoms with van der Waals surface area (Å²) < 4.78 is 1.78. The summed E-state index contributed by atoms with van der Waals surface area (Å²) in [7, 11) is 0. The molecule has 0 bridgehead atoms. The Balaban J connectivity index is 0.000000490. The first-order valence-electron chi connectivity index (χ1n) is 2.03. The van der Waals surface area contributed by atoms with Gasteiger partial charge in [-0.2, -0.15) is 0 Å². The lowest BCUT2D eigenvalue weighted by molar-refractivity contribution is 1.14. The quantitative estimate of drug-likeness (QED) is 0.510. The second-order valence-electron chi connectivity index (χ2n) is 1.19. The Morgan fingerprint density at radius 2 is 2.71 bits per heavy atom. The Hall–Kier alpha value is -1.05. The van der Waals surface area contributed by atoms with Crippen LogP contribution < -0.4 is 0 Å². The van der Waals surface area contributed by atoms with E-state index in [2.05, 4.69) is 11.6 Å². The fourth-order valence-electron chi connectivity index (χ4n) is 0.377. The zero-order valence-electron chi connectivity index (χ0n) is 4.91. The normalized spacial score (nSPS) is 8.57. The fourth-order valence-corrected chi connectivity index (χ4v) is 0.377. The molecule has 2 heteroatoms. The molecule has 0 unspecified atom stereocenters. The first-order valence-corrected chi connectivity index (χ1v) is 2.03. The van der Waals surface area contributed by atoms with E-state index in [1.54, 1.807) is 23.3 Å². The molecule has 1 rings (SSSR count). The number of rotatable bonds is 1. The topological polar surface area (TPSA) is 17.8 Å². The minimum atomic E-state index is 0. The minimum absolute atomic E-state index is 0. The van der Waals surface area contributed by atoms with Crippen molar-refractivity contribution >= 4 is 6.20 Å². The maximum atomic E-state index is 3.78. The van der Waals surface area contributed by atoms with Gasteiger partial charge in [-0.3, -0.25) is 0 Å². The van der Waals surface area contributed by atoms with Gasteiger partial charge in [-0.05, 0) is 0 Å². The highest BCUT2D eigenvalue weighted by Gasteiger charge is 1.73. The zero-order valence-corrected chi connectivity index (χ0v) is 3.91. The highest BCUT2D eigenvalue weighted by atomic mass is 15.0. The van der Waals surface area contributed by atoms with Crippen LogP contribution in [0.2, 0.25) is 0 Å². The molecule has 1 heterocycles. The molecule has 0 saturated carbocycles. The van der Waals surface area contributed by atoms with Crippen LogP contribution in [0, 0.1) is 0 Å². The third kappa shape index (κ3) is 0.682. The van der Waals surface area contributed by atoms with Crippen molar-refractivity contribution in [3.05, 3.63) is 25.3 Å². The van der Waals surface area contributed by atoms with Gasteiger partial charge in [-0.1, -0.05) is 6.58 Å². The van der Waals surface area contributed by atoms with Crippen molar-refractivity contribution in [3.63, 3.8) is 0 Å². The van der Waals surface area contributed by atoms with Gasteiger partial charge in [-0.25, -0.2) is 4.98 Å². The van der Waals surface area contributed by atoms with E-state index in [9.17, 15) is 0 Å².